The number of nitrogens with one attached hydrogen (secondary N) is 1. The van der Waals surface area contributed by atoms with E-state index in [1.54, 1.807) is 0 Å². The monoisotopic (exact) mass is 223 g/mol. The first-order chi connectivity index (χ1) is 7.66. The van der Waals surface area contributed by atoms with E-state index in [2.05, 4.69) is 9.97 Å². The zero-order chi connectivity index (χ0) is 11.6. The number of aromatic hydroxyl groups is 1. The van der Waals surface area contributed by atoms with Crippen molar-refractivity contribution in [1.29, 1.82) is 0 Å². The highest BCUT2D eigenvalue weighted by Gasteiger charge is 2.35. The summed E-state index contributed by atoms with van der Waals surface area (Å²) in [7, 11) is 0. The molecule has 1 saturated carbocycles. The Kier molecular flexibility index (Phi) is 2.96. The molecule has 0 bridgehead atoms. The van der Waals surface area contributed by atoms with Gasteiger partial charge in [0.2, 0.25) is 5.88 Å². The molecule has 4 N–H and O–H groups in total. The van der Waals surface area contributed by atoms with Crippen LogP contribution in [0.2, 0.25) is 0 Å². The molecule has 1 aliphatic carbocycles. The van der Waals surface area contributed by atoms with E-state index in [1.165, 1.54) is 6.42 Å². The van der Waals surface area contributed by atoms with E-state index in [9.17, 15) is 9.90 Å². The zero-order valence-corrected chi connectivity index (χ0v) is 9.20. The average molecular weight is 223 g/mol. The van der Waals surface area contributed by atoms with Crippen molar-refractivity contribution in [2.45, 2.75) is 37.5 Å². The second-order valence-corrected chi connectivity index (χ2v) is 4.50. The van der Waals surface area contributed by atoms with E-state index in [0.717, 1.165) is 31.7 Å². The summed E-state index contributed by atoms with van der Waals surface area (Å²) in [5, 5.41) is 9.36. The summed E-state index contributed by atoms with van der Waals surface area (Å²) < 4.78 is 0. The van der Waals surface area contributed by atoms with Gasteiger partial charge in [0.25, 0.3) is 5.56 Å². The molecule has 0 saturated heterocycles. The van der Waals surface area contributed by atoms with Crippen LogP contribution in [-0.4, -0.2) is 21.6 Å². The number of nitrogens with two attached hydrogens (primary N) is 1. The molecule has 0 aromatic carbocycles. The van der Waals surface area contributed by atoms with Gasteiger partial charge in [0, 0.05) is 12.0 Å². The summed E-state index contributed by atoms with van der Waals surface area (Å²) in [6.45, 7) is 0.458. The lowest BCUT2D eigenvalue weighted by Crippen LogP contribution is -2.40. The molecule has 2 rings (SSSR count). The maximum Gasteiger partial charge on any atom is 0.254 e. The van der Waals surface area contributed by atoms with E-state index in [-0.39, 0.29) is 16.9 Å². The largest absolute Gasteiger partial charge is 0.493 e. The van der Waals surface area contributed by atoms with Gasteiger partial charge >= 0.3 is 0 Å². The molecular formula is C11H17N3O2. The first-order valence-electron chi connectivity index (χ1n) is 5.67. The molecule has 0 spiro atoms. The maximum absolute atomic E-state index is 11.3. The molecule has 0 amide bonds. The summed E-state index contributed by atoms with van der Waals surface area (Å²) in [4.78, 5) is 18.0. The number of H-pyrrole nitrogens is 1. The Bertz CT molecular complexity index is 421. The molecule has 88 valence electrons. The van der Waals surface area contributed by atoms with Crippen molar-refractivity contribution in [3.05, 3.63) is 22.2 Å². The Morgan fingerprint density at radius 3 is 2.69 bits per heavy atom. The minimum Gasteiger partial charge on any atom is -0.493 e. The number of nitrogens with zero attached hydrogens (tertiary/aromatic N) is 1. The normalized spacial score (nSPS) is 19.6. The smallest absolute Gasteiger partial charge is 0.254 e. The number of aromatic nitrogens is 2. The Morgan fingerprint density at radius 2 is 2.12 bits per heavy atom. The molecule has 0 unspecified atom stereocenters. The summed E-state index contributed by atoms with van der Waals surface area (Å²) >= 11 is 0. The maximum atomic E-state index is 11.3. The van der Waals surface area contributed by atoms with Crippen LogP contribution in [0.3, 0.4) is 0 Å². The van der Waals surface area contributed by atoms with Gasteiger partial charge in [0.15, 0.2) is 0 Å². The molecule has 1 aromatic rings. The first kappa shape index (κ1) is 11.1. The van der Waals surface area contributed by atoms with Crippen molar-refractivity contribution in [2.75, 3.05) is 6.54 Å². The van der Waals surface area contributed by atoms with Crippen molar-refractivity contribution >= 4 is 0 Å². The predicted molar refractivity (Wildman–Crippen MR) is 60.3 cm³/mol. The standard InChI is InChI=1S/C11H17N3O2/c12-7-11(4-2-1-3-5-11)10-13-8(15)6-9(16)14-10/h6H,1-5,7,12H2,(H2,13,14,15,16). The molecule has 1 aliphatic rings. The number of hydrogen-bond donors (Lipinski definition) is 3. The van der Waals surface area contributed by atoms with Crippen molar-refractivity contribution in [2.24, 2.45) is 5.73 Å². The number of aromatic amines is 1. The molecule has 5 heteroatoms. The molecule has 16 heavy (non-hydrogen) atoms. The van der Waals surface area contributed by atoms with Crippen LogP contribution in [0.25, 0.3) is 0 Å². The van der Waals surface area contributed by atoms with Gasteiger partial charge in [0.1, 0.15) is 5.82 Å². The molecule has 0 atom stereocenters. The van der Waals surface area contributed by atoms with Crippen molar-refractivity contribution in [3.8, 4) is 5.88 Å². The van der Waals surface area contributed by atoms with Gasteiger partial charge in [-0.1, -0.05) is 19.3 Å². The molecule has 5 nitrogen and oxygen atoms in total. The summed E-state index contributed by atoms with van der Waals surface area (Å²) in [5.74, 6) is 0.317. The predicted octanol–water partition coefficient (Wildman–Crippen LogP) is 0.636. The molecule has 1 fully saturated rings. The van der Waals surface area contributed by atoms with E-state index in [4.69, 9.17) is 5.73 Å². The van der Waals surface area contributed by atoms with Gasteiger partial charge in [0.05, 0.1) is 6.07 Å². The SMILES string of the molecule is NCC1(c2nc(O)cc(=O)[nH]2)CCCCC1. The highest BCUT2D eigenvalue weighted by atomic mass is 16.3. The Balaban J connectivity index is 2.42. The van der Waals surface area contributed by atoms with Gasteiger partial charge in [-0.05, 0) is 12.8 Å². The van der Waals surface area contributed by atoms with Crippen molar-refractivity contribution < 1.29 is 5.11 Å². The van der Waals surface area contributed by atoms with Gasteiger partial charge in [-0.2, -0.15) is 4.98 Å². The van der Waals surface area contributed by atoms with Crippen LogP contribution in [-0.2, 0) is 5.41 Å². The minimum absolute atomic E-state index is 0.225. The van der Waals surface area contributed by atoms with E-state index in [1.807, 2.05) is 0 Å². The molecular weight excluding hydrogens is 206 g/mol. The van der Waals surface area contributed by atoms with Crippen molar-refractivity contribution in [3.63, 3.8) is 0 Å². The fourth-order valence-corrected chi connectivity index (χ4v) is 2.46. The minimum atomic E-state index is -0.319. The highest BCUT2D eigenvalue weighted by molar-refractivity contribution is 5.15. The Labute approximate surface area is 93.7 Å². The second kappa shape index (κ2) is 4.25. The Morgan fingerprint density at radius 1 is 1.44 bits per heavy atom. The van der Waals surface area contributed by atoms with Crippen LogP contribution in [0.1, 0.15) is 37.9 Å². The lowest BCUT2D eigenvalue weighted by molar-refractivity contribution is 0.281. The van der Waals surface area contributed by atoms with E-state index >= 15 is 0 Å². The Hall–Kier alpha value is -1.36. The van der Waals surface area contributed by atoms with Gasteiger partial charge in [-0.25, -0.2) is 0 Å². The lowest BCUT2D eigenvalue weighted by Gasteiger charge is -2.34. The first-order valence-corrected chi connectivity index (χ1v) is 5.67. The molecule has 0 radical (unpaired) electrons. The zero-order valence-electron chi connectivity index (χ0n) is 9.20. The van der Waals surface area contributed by atoms with E-state index < -0.39 is 0 Å². The summed E-state index contributed by atoms with van der Waals surface area (Å²) in [5.41, 5.74) is 5.25. The van der Waals surface area contributed by atoms with Crippen LogP contribution >= 0.6 is 0 Å². The number of rotatable bonds is 2. The third-order valence-electron chi connectivity index (χ3n) is 3.43. The van der Waals surface area contributed by atoms with Gasteiger partial charge < -0.3 is 15.8 Å². The quantitative estimate of drug-likeness (QED) is 0.686. The van der Waals surface area contributed by atoms with Crippen LogP contribution in [0.15, 0.2) is 10.9 Å². The third kappa shape index (κ3) is 1.95. The molecule has 1 heterocycles. The second-order valence-electron chi connectivity index (χ2n) is 4.50. The number of hydrogen-bond acceptors (Lipinski definition) is 4. The van der Waals surface area contributed by atoms with Gasteiger partial charge in [-0.3, -0.25) is 4.79 Å². The fraction of sp³-hybridized carbons (Fsp3) is 0.636. The lowest BCUT2D eigenvalue weighted by atomic mass is 9.73. The van der Waals surface area contributed by atoms with Crippen LogP contribution in [0, 0.1) is 0 Å². The highest BCUT2D eigenvalue weighted by Crippen LogP contribution is 2.36. The fourth-order valence-electron chi connectivity index (χ4n) is 2.46. The van der Waals surface area contributed by atoms with Crippen LogP contribution in [0.4, 0.5) is 0 Å². The summed E-state index contributed by atoms with van der Waals surface area (Å²) in [6, 6.07) is 1.08. The molecule has 0 aliphatic heterocycles. The third-order valence-corrected chi connectivity index (χ3v) is 3.43. The van der Waals surface area contributed by atoms with Crippen LogP contribution in [0.5, 0.6) is 5.88 Å². The average Bonchev–Trinajstić information content (AvgIpc) is 2.28. The van der Waals surface area contributed by atoms with Crippen LogP contribution < -0.4 is 11.3 Å². The van der Waals surface area contributed by atoms with Crippen molar-refractivity contribution in [1.82, 2.24) is 9.97 Å². The molecule has 1 aromatic heterocycles. The topological polar surface area (TPSA) is 92.0 Å². The van der Waals surface area contributed by atoms with E-state index in [0.29, 0.717) is 12.4 Å². The van der Waals surface area contributed by atoms with Gasteiger partial charge in [-0.15, -0.1) is 0 Å². The summed E-state index contributed by atoms with van der Waals surface area (Å²) in [6.07, 6.45) is 5.24.